The number of hydrogen-bond acceptors (Lipinski definition) is 5. The zero-order valence-electron chi connectivity index (χ0n) is 16.0. The fourth-order valence-corrected chi connectivity index (χ4v) is 2.93. The molecule has 0 bridgehead atoms. The van der Waals surface area contributed by atoms with Gasteiger partial charge in [-0.05, 0) is 44.2 Å². The number of carbonyl (C=O) groups excluding carboxylic acids is 1. The number of aromatic nitrogens is 4. The summed E-state index contributed by atoms with van der Waals surface area (Å²) in [4.78, 5) is 21.3. The lowest BCUT2D eigenvalue weighted by atomic mass is 10.2. The van der Waals surface area contributed by atoms with Gasteiger partial charge in [-0.25, -0.2) is 14.6 Å². The van der Waals surface area contributed by atoms with Crippen LogP contribution in [0.1, 0.15) is 21.7 Å². The van der Waals surface area contributed by atoms with Gasteiger partial charge < -0.3 is 10.1 Å². The Bertz CT molecular complexity index is 1150. The number of hydrogen-bond donors (Lipinski definition) is 1. The van der Waals surface area contributed by atoms with Gasteiger partial charge in [-0.1, -0.05) is 30.3 Å². The first kappa shape index (κ1) is 18.4. The molecule has 7 nitrogen and oxygen atoms in total. The van der Waals surface area contributed by atoms with Gasteiger partial charge in [0, 0.05) is 11.8 Å². The van der Waals surface area contributed by atoms with Crippen molar-refractivity contribution in [3.8, 4) is 17.3 Å². The van der Waals surface area contributed by atoms with Gasteiger partial charge >= 0.3 is 0 Å². The van der Waals surface area contributed by atoms with Crippen molar-refractivity contribution in [2.75, 3.05) is 5.32 Å². The summed E-state index contributed by atoms with van der Waals surface area (Å²) in [6, 6.07) is 20.0. The summed E-state index contributed by atoms with van der Waals surface area (Å²) in [6.07, 6.45) is 1.40. The molecule has 4 rings (SSSR count). The third-order valence-corrected chi connectivity index (χ3v) is 4.22. The van der Waals surface area contributed by atoms with E-state index in [4.69, 9.17) is 4.74 Å². The van der Waals surface area contributed by atoms with E-state index in [-0.39, 0.29) is 5.91 Å². The number of nitrogens with zero attached hydrogens (tertiary/aromatic N) is 4. The number of amides is 1. The first-order chi connectivity index (χ1) is 14.1. The second-order valence-electron chi connectivity index (χ2n) is 6.47. The van der Waals surface area contributed by atoms with Gasteiger partial charge in [0.25, 0.3) is 5.91 Å². The minimum Gasteiger partial charge on any atom is -0.457 e. The second kappa shape index (κ2) is 7.93. The molecule has 4 aromatic rings. The summed E-state index contributed by atoms with van der Waals surface area (Å²) in [5.41, 5.74) is 2.24. The maximum absolute atomic E-state index is 12.9. The molecule has 0 aliphatic heterocycles. The van der Waals surface area contributed by atoms with Crippen molar-refractivity contribution in [1.29, 1.82) is 0 Å². The number of aryl methyl sites for hydroxylation is 2. The Morgan fingerprint density at radius 1 is 0.966 bits per heavy atom. The second-order valence-corrected chi connectivity index (χ2v) is 6.47. The fraction of sp³-hybridized carbons (Fsp3) is 0.0909. The molecular weight excluding hydrogens is 366 g/mol. The quantitative estimate of drug-likeness (QED) is 0.553. The fourth-order valence-electron chi connectivity index (χ4n) is 2.93. The van der Waals surface area contributed by atoms with E-state index in [0.717, 1.165) is 11.4 Å². The summed E-state index contributed by atoms with van der Waals surface area (Å²) in [5.74, 6) is 1.75. The van der Waals surface area contributed by atoms with Crippen molar-refractivity contribution in [2.45, 2.75) is 13.8 Å². The SMILES string of the molecule is Cc1cc(C)n(-c2cc(NC(=O)c3ccccc3Oc3ccccc3)ncn2)n1. The van der Waals surface area contributed by atoms with Crippen LogP contribution in [0.3, 0.4) is 0 Å². The molecule has 0 atom stereocenters. The van der Waals surface area contributed by atoms with Crippen LogP contribution < -0.4 is 10.1 Å². The minimum atomic E-state index is -0.324. The lowest BCUT2D eigenvalue weighted by Gasteiger charge is -2.11. The predicted molar refractivity (Wildman–Crippen MR) is 110 cm³/mol. The normalized spacial score (nSPS) is 10.6. The van der Waals surface area contributed by atoms with Crippen molar-refractivity contribution in [1.82, 2.24) is 19.7 Å². The van der Waals surface area contributed by atoms with Crippen LogP contribution in [0, 0.1) is 13.8 Å². The Balaban J connectivity index is 1.58. The van der Waals surface area contributed by atoms with Crippen molar-refractivity contribution < 1.29 is 9.53 Å². The molecule has 0 aliphatic carbocycles. The standard InChI is InChI=1S/C22H19N5O2/c1-15-12-16(2)27(26-15)21-13-20(23-14-24-21)25-22(28)18-10-6-7-11-19(18)29-17-8-4-3-5-9-17/h3-14H,1-2H3,(H,23,24,25,28). The third kappa shape index (κ3) is 4.14. The van der Waals surface area contributed by atoms with Gasteiger partial charge in [0.1, 0.15) is 23.6 Å². The summed E-state index contributed by atoms with van der Waals surface area (Å²) in [7, 11) is 0. The summed E-state index contributed by atoms with van der Waals surface area (Å²) < 4.78 is 7.58. The first-order valence-corrected chi connectivity index (χ1v) is 9.09. The molecule has 2 heterocycles. The van der Waals surface area contributed by atoms with Crippen molar-refractivity contribution in [3.63, 3.8) is 0 Å². The molecule has 0 fully saturated rings. The van der Waals surface area contributed by atoms with E-state index in [0.29, 0.717) is 28.7 Å². The van der Waals surface area contributed by atoms with E-state index < -0.39 is 0 Å². The monoisotopic (exact) mass is 385 g/mol. The van der Waals surface area contributed by atoms with Crippen LogP contribution in [0.5, 0.6) is 11.5 Å². The molecular formula is C22H19N5O2. The number of benzene rings is 2. The Hall–Kier alpha value is -4.00. The lowest BCUT2D eigenvalue weighted by molar-refractivity contribution is 0.102. The molecule has 2 aromatic heterocycles. The van der Waals surface area contributed by atoms with E-state index >= 15 is 0 Å². The molecule has 0 saturated carbocycles. The maximum Gasteiger partial charge on any atom is 0.260 e. The molecule has 0 saturated heterocycles. The van der Waals surface area contributed by atoms with Crippen LogP contribution in [-0.4, -0.2) is 25.7 Å². The largest absolute Gasteiger partial charge is 0.457 e. The number of anilines is 1. The van der Waals surface area contributed by atoms with Crippen molar-refractivity contribution in [3.05, 3.63) is 90.0 Å². The van der Waals surface area contributed by atoms with Crippen LogP contribution in [0.25, 0.3) is 5.82 Å². The third-order valence-electron chi connectivity index (χ3n) is 4.22. The van der Waals surface area contributed by atoms with E-state index in [1.165, 1.54) is 6.33 Å². The van der Waals surface area contributed by atoms with Gasteiger partial charge in [0.15, 0.2) is 5.82 Å². The average molecular weight is 385 g/mol. The Morgan fingerprint density at radius 3 is 2.48 bits per heavy atom. The number of nitrogens with one attached hydrogen (secondary N) is 1. The molecule has 0 aliphatic rings. The van der Waals surface area contributed by atoms with Crippen LogP contribution in [0.2, 0.25) is 0 Å². The topological polar surface area (TPSA) is 81.9 Å². The highest BCUT2D eigenvalue weighted by Crippen LogP contribution is 2.25. The molecule has 144 valence electrons. The summed E-state index contributed by atoms with van der Waals surface area (Å²) >= 11 is 0. The first-order valence-electron chi connectivity index (χ1n) is 9.09. The molecule has 0 unspecified atom stereocenters. The highest BCUT2D eigenvalue weighted by molar-refractivity contribution is 6.05. The van der Waals surface area contributed by atoms with E-state index in [9.17, 15) is 4.79 Å². The highest BCUT2D eigenvalue weighted by atomic mass is 16.5. The van der Waals surface area contributed by atoms with E-state index in [1.807, 2.05) is 56.3 Å². The molecule has 29 heavy (non-hydrogen) atoms. The molecule has 2 aromatic carbocycles. The summed E-state index contributed by atoms with van der Waals surface area (Å²) in [6.45, 7) is 3.86. The van der Waals surface area contributed by atoms with Gasteiger partial charge in [0.2, 0.25) is 0 Å². The maximum atomic E-state index is 12.9. The van der Waals surface area contributed by atoms with Crippen LogP contribution in [-0.2, 0) is 0 Å². The molecule has 0 radical (unpaired) electrons. The van der Waals surface area contributed by atoms with Crippen LogP contribution >= 0.6 is 0 Å². The summed E-state index contributed by atoms with van der Waals surface area (Å²) in [5, 5.41) is 7.22. The van der Waals surface area contributed by atoms with Crippen LogP contribution in [0.4, 0.5) is 5.82 Å². The van der Waals surface area contributed by atoms with Crippen LogP contribution in [0.15, 0.2) is 73.1 Å². The molecule has 1 N–H and O–H groups in total. The van der Waals surface area contributed by atoms with Gasteiger partial charge in [0.05, 0.1) is 11.3 Å². The van der Waals surface area contributed by atoms with E-state index in [1.54, 1.807) is 28.9 Å². The lowest BCUT2D eigenvalue weighted by Crippen LogP contribution is -2.15. The predicted octanol–water partition coefficient (Wildman–Crippen LogP) is 4.32. The molecule has 0 spiro atoms. The highest BCUT2D eigenvalue weighted by Gasteiger charge is 2.15. The van der Waals surface area contributed by atoms with E-state index in [2.05, 4.69) is 20.4 Å². The Labute approximate surface area is 168 Å². The molecule has 1 amide bonds. The van der Waals surface area contributed by atoms with Gasteiger partial charge in [-0.2, -0.15) is 5.10 Å². The Morgan fingerprint density at radius 2 is 1.72 bits per heavy atom. The number of para-hydroxylation sites is 2. The van der Waals surface area contributed by atoms with Gasteiger partial charge in [-0.15, -0.1) is 0 Å². The number of rotatable bonds is 5. The molecule has 7 heteroatoms. The van der Waals surface area contributed by atoms with Crippen molar-refractivity contribution in [2.24, 2.45) is 0 Å². The zero-order chi connectivity index (χ0) is 20.2. The average Bonchev–Trinajstić information content (AvgIpc) is 3.07. The Kier molecular flexibility index (Phi) is 5.03. The number of carbonyl (C=O) groups is 1. The smallest absolute Gasteiger partial charge is 0.260 e. The van der Waals surface area contributed by atoms with Gasteiger partial charge in [-0.3, -0.25) is 4.79 Å². The number of ether oxygens (including phenoxy) is 1. The van der Waals surface area contributed by atoms with Crippen molar-refractivity contribution >= 4 is 11.7 Å². The zero-order valence-corrected chi connectivity index (χ0v) is 16.0. The minimum absolute atomic E-state index is 0.324.